The number of amides is 5. The fraction of sp³-hybridized carbons (Fsp3) is 0.286. The van der Waals surface area contributed by atoms with Crippen molar-refractivity contribution >= 4 is 29.5 Å². The van der Waals surface area contributed by atoms with Gasteiger partial charge in [-0.25, -0.2) is 19.0 Å². The molecule has 204 valence electrons. The van der Waals surface area contributed by atoms with Gasteiger partial charge in [0.25, 0.3) is 0 Å². The van der Waals surface area contributed by atoms with Crippen molar-refractivity contribution in [1.29, 1.82) is 0 Å². The van der Waals surface area contributed by atoms with Crippen LogP contribution in [0.25, 0.3) is 0 Å². The Balaban J connectivity index is 1.30. The highest BCUT2D eigenvalue weighted by Gasteiger charge is 2.24. The fourth-order valence-corrected chi connectivity index (χ4v) is 4.19. The number of hydrogen-bond acceptors (Lipinski definition) is 6. The van der Waals surface area contributed by atoms with Crippen LogP contribution in [0, 0.1) is 5.82 Å². The molecule has 1 aromatic heterocycles. The molecule has 0 bridgehead atoms. The molecule has 0 radical (unpaired) electrons. The van der Waals surface area contributed by atoms with Crippen LogP contribution in [0.2, 0.25) is 0 Å². The molecule has 2 heterocycles. The lowest BCUT2D eigenvalue weighted by molar-refractivity contribution is -0.119. The first-order chi connectivity index (χ1) is 18.8. The molecule has 0 atom stereocenters. The number of carbonyl (C=O) groups excluding carboxylic acids is 3. The number of imide groups is 1. The van der Waals surface area contributed by atoms with Gasteiger partial charge >= 0.3 is 12.1 Å². The maximum Gasteiger partial charge on any atom is 0.325 e. The summed E-state index contributed by atoms with van der Waals surface area (Å²) in [5.41, 5.74) is 0.906. The molecule has 1 fully saturated rings. The molecule has 4 rings (SSSR count). The van der Waals surface area contributed by atoms with E-state index < -0.39 is 17.8 Å². The number of carbonyl (C=O) groups is 3. The Labute approximate surface area is 226 Å². The quantitative estimate of drug-likeness (QED) is 0.412. The highest BCUT2D eigenvalue weighted by atomic mass is 19.1. The zero-order chi connectivity index (χ0) is 27.8. The topological polar surface area (TPSA) is 116 Å². The van der Waals surface area contributed by atoms with Crippen molar-refractivity contribution in [3.05, 3.63) is 78.2 Å². The third kappa shape index (κ3) is 7.99. The molecule has 0 saturated carbocycles. The lowest BCUT2D eigenvalue weighted by atomic mass is 10.0. The third-order valence-corrected chi connectivity index (χ3v) is 6.40. The molecule has 0 aliphatic carbocycles. The minimum atomic E-state index is -0.774. The Bertz CT molecular complexity index is 1310. The lowest BCUT2D eigenvalue weighted by Gasteiger charge is -2.34. The second kappa shape index (κ2) is 12.8. The van der Waals surface area contributed by atoms with Gasteiger partial charge in [0.2, 0.25) is 5.91 Å². The van der Waals surface area contributed by atoms with Gasteiger partial charge in [-0.15, -0.1) is 0 Å². The lowest BCUT2D eigenvalue weighted by Crippen LogP contribution is -2.46. The fourth-order valence-electron chi connectivity index (χ4n) is 4.19. The molecule has 1 aliphatic rings. The summed E-state index contributed by atoms with van der Waals surface area (Å²) in [7, 11) is 3.82. The van der Waals surface area contributed by atoms with Crippen molar-refractivity contribution in [1.82, 2.24) is 20.1 Å². The standard InChI is InChI=1S/C28H31FN6O4/c1-34-14-11-21(12-15-34)35(2)28(38)32-25-18-22(10-13-30-25)39-24-9-8-20(17-23(24)29)31-27(37)33-26(36)16-19-6-4-3-5-7-19/h3-10,13,17-18,21H,11-12,14-16H2,1-2H3,(H,30,32,38)(H2,31,33,36,37). The molecule has 39 heavy (non-hydrogen) atoms. The number of hydrogen-bond donors (Lipinski definition) is 3. The highest BCUT2D eigenvalue weighted by Crippen LogP contribution is 2.28. The number of pyridine rings is 1. The predicted molar refractivity (Wildman–Crippen MR) is 145 cm³/mol. The van der Waals surface area contributed by atoms with Gasteiger partial charge in [0.15, 0.2) is 11.6 Å². The van der Waals surface area contributed by atoms with Gasteiger partial charge in [0.05, 0.1) is 6.42 Å². The molecule has 0 unspecified atom stereocenters. The molecule has 3 aromatic rings. The number of piperidine rings is 1. The summed E-state index contributed by atoms with van der Waals surface area (Å²) in [5.74, 6) is -0.767. The molecule has 10 nitrogen and oxygen atoms in total. The van der Waals surface area contributed by atoms with Gasteiger partial charge < -0.3 is 19.9 Å². The number of likely N-dealkylation sites (tertiary alicyclic amines) is 1. The molecular weight excluding hydrogens is 503 g/mol. The van der Waals surface area contributed by atoms with Crippen LogP contribution in [-0.2, 0) is 11.2 Å². The van der Waals surface area contributed by atoms with Crippen LogP contribution < -0.4 is 20.7 Å². The smallest absolute Gasteiger partial charge is 0.325 e. The summed E-state index contributed by atoms with van der Waals surface area (Å²) >= 11 is 0. The van der Waals surface area contributed by atoms with E-state index in [9.17, 15) is 18.8 Å². The number of benzene rings is 2. The van der Waals surface area contributed by atoms with Crippen LogP contribution in [0.4, 0.5) is 25.5 Å². The number of nitrogens with zero attached hydrogens (tertiary/aromatic N) is 3. The Morgan fingerprint density at radius 3 is 2.51 bits per heavy atom. The predicted octanol–water partition coefficient (Wildman–Crippen LogP) is 4.46. The number of anilines is 2. The minimum Gasteiger partial charge on any atom is -0.454 e. The maximum atomic E-state index is 14.7. The molecule has 1 saturated heterocycles. The maximum absolute atomic E-state index is 14.7. The molecule has 1 aliphatic heterocycles. The van der Waals surface area contributed by atoms with Gasteiger partial charge in [-0.2, -0.15) is 0 Å². The normalized spacial score (nSPS) is 13.8. The number of ether oxygens (including phenoxy) is 1. The molecular formula is C28H31FN6O4. The van der Waals surface area contributed by atoms with E-state index in [1.165, 1.54) is 30.5 Å². The van der Waals surface area contributed by atoms with E-state index in [1.54, 1.807) is 36.2 Å². The number of halogens is 1. The van der Waals surface area contributed by atoms with Crippen molar-refractivity contribution in [2.24, 2.45) is 0 Å². The van der Waals surface area contributed by atoms with Crippen LogP contribution in [0.3, 0.4) is 0 Å². The van der Waals surface area contributed by atoms with E-state index in [0.717, 1.165) is 37.6 Å². The summed E-state index contributed by atoms with van der Waals surface area (Å²) in [4.78, 5) is 45.0. The first-order valence-electron chi connectivity index (χ1n) is 12.6. The van der Waals surface area contributed by atoms with E-state index in [1.807, 2.05) is 6.07 Å². The van der Waals surface area contributed by atoms with Crippen molar-refractivity contribution in [3.8, 4) is 11.5 Å². The summed E-state index contributed by atoms with van der Waals surface area (Å²) < 4.78 is 20.4. The summed E-state index contributed by atoms with van der Waals surface area (Å²) in [5, 5.41) is 7.40. The monoisotopic (exact) mass is 534 g/mol. The van der Waals surface area contributed by atoms with Crippen molar-refractivity contribution in [3.63, 3.8) is 0 Å². The van der Waals surface area contributed by atoms with Crippen LogP contribution in [0.5, 0.6) is 11.5 Å². The zero-order valence-corrected chi connectivity index (χ0v) is 21.8. The largest absolute Gasteiger partial charge is 0.454 e. The van der Waals surface area contributed by atoms with E-state index in [0.29, 0.717) is 0 Å². The van der Waals surface area contributed by atoms with Gasteiger partial charge in [0.1, 0.15) is 11.6 Å². The molecule has 11 heteroatoms. The molecule has 3 N–H and O–H groups in total. The number of rotatable bonds is 7. The zero-order valence-electron chi connectivity index (χ0n) is 21.8. The van der Waals surface area contributed by atoms with Crippen LogP contribution in [-0.4, -0.2) is 66.0 Å². The highest BCUT2D eigenvalue weighted by molar-refractivity contribution is 6.01. The number of aromatic nitrogens is 1. The summed E-state index contributed by atoms with van der Waals surface area (Å²) in [6, 6.07) is 15.0. The first-order valence-corrected chi connectivity index (χ1v) is 12.6. The number of nitrogens with one attached hydrogen (secondary N) is 3. The van der Waals surface area contributed by atoms with Gasteiger partial charge in [0, 0.05) is 37.1 Å². The minimum absolute atomic E-state index is 0.0399. The van der Waals surface area contributed by atoms with E-state index >= 15 is 0 Å². The summed E-state index contributed by atoms with van der Waals surface area (Å²) in [6.07, 6.45) is 3.28. The average Bonchev–Trinajstić information content (AvgIpc) is 2.91. The van der Waals surface area contributed by atoms with Crippen molar-refractivity contribution < 1.29 is 23.5 Å². The Hall–Kier alpha value is -4.51. The van der Waals surface area contributed by atoms with Crippen LogP contribution >= 0.6 is 0 Å². The average molecular weight is 535 g/mol. The van der Waals surface area contributed by atoms with Crippen molar-refractivity contribution in [2.75, 3.05) is 37.8 Å². The second-order valence-electron chi connectivity index (χ2n) is 9.36. The first kappa shape index (κ1) is 27.5. The van der Waals surface area contributed by atoms with Gasteiger partial charge in [-0.1, -0.05) is 30.3 Å². The van der Waals surface area contributed by atoms with Crippen LogP contribution in [0.15, 0.2) is 66.9 Å². The van der Waals surface area contributed by atoms with E-state index in [2.05, 4.69) is 32.9 Å². The van der Waals surface area contributed by atoms with Crippen LogP contribution in [0.1, 0.15) is 18.4 Å². The van der Waals surface area contributed by atoms with E-state index in [4.69, 9.17) is 4.74 Å². The third-order valence-electron chi connectivity index (χ3n) is 6.40. The Kier molecular flexibility index (Phi) is 9.06. The molecule has 5 amide bonds. The Morgan fingerprint density at radius 2 is 1.79 bits per heavy atom. The number of urea groups is 2. The molecule has 0 spiro atoms. The van der Waals surface area contributed by atoms with E-state index in [-0.39, 0.29) is 41.5 Å². The Morgan fingerprint density at radius 1 is 1.05 bits per heavy atom. The SMILES string of the molecule is CN1CCC(N(C)C(=O)Nc2cc(Oc3ccc(NC(=O)NC(=O)Cc4ccccc4)cc3F)ccn2)CC1. The molecule has 2 aromatic carbocycles. The van der Waals surface area contributed by atoms with Gasteiger partial charge in [-0.3, -0.25) is 15.4 Å². The second-order valence-corrected chi connectivity index (χ2v) is 9.36. The summed E-state index contributed by atoms with van der Waals surface area (Å²) in [6.45, 7) is 1.86. The van der Waals surface area contributed by atoms with Gasteiger partial charge in [-0.05, 0) is 56.7 Å². The van der Waals surface area contributed by atoms with Crippen molar-refractivity contribution in [2.45, 2.75) is 25.3 Å².